The van der Waals surface area contributed by atoms with Gasteiger partial charge in [-0.25, -0.2) is 4.68 Å². The van der Waals surface area contributed by atoms with E-state index >= 15 is 0 Å². The molecule has 98 valence electrons. The first-order chi connectivity index (χ1) is 8.66. The minimum Gasteiger partial charge on any atom is -0.481 e. The zero-order chi connectivity index (χ0) is 13.0. The molecular formula is C10H15N5O3. The van der Waals surface area contributed by atoms with Crippen LogP contribution in [0.2, 0.25) is 0 Å². The fraction of sp³-hybridized carbons (Fsp3) is 0.600. The first-order valence-electron chi connectivity index (χ1n) is 5.79. The van der Waals surface area contributed by atoms with Gasteiger partial charge < -0.3 is 15.7 Å². The van der Waals surface area contributed by atoms with Crippen LogP contribution in [0.3, 0.4) is 0 Å². The molecule has 18 heavy (non-hydrogen) atoms. The first kappa shape index (κ1) is 12.5. The summed E-state index contributed by atoms with van der Waals surface area (Å²) in [6, 6.07) is 0.270. The van der Waals surface area contributed by atoms with Gasteiger partial charge in [-0.2, -0.15) is 0 Å². The molecule has 2 heterocycles. The number of carbonyl (C=O) groups is 2. The second-order valence-electron chi connectivity index (χ2n) is 4.15. The van der Waals surface area contributed by atoms with Crippen LogP contribution < -0.4 is 10.6 Å². The van der Waals surface area contributed by atoms with E-state index in [2.05, 4.69) is 20.9 Å². The van der Waals surface area contributed by atoms with Gasteiger partial charge in [0.2, 0.25) is 0 Å². The molecule has 1 aliphatic heterocycles. The van der Waals surface area contributed by atoms with E-state index in [9.17, 15) is 9.59 Å². The molecule has 1 aromatic heterocycles. The summed E-state index contributed by atoms with van der Waals surface area (Å²) in [4.78, 5) is 21.9. The Hall–Kier alpha value is -1.96. The Balaban J connectivity index is 1.77. The Bertz CT molecular complexity index is 440. The van der Waals surface area contributed by atoms with Crippen LogP contribution in [0.4, 0.5) is 0 Å². The van der Waals surface area contributed by atoms with E-state index in [-0.39, 0.29) is 24.1 Å². The lowest BCUT2D eigenvalue weighted by Gasteiger charge is -2.26. The third-order valence-electron chi connectivity index (χ3n) is 2.73. The number of carboxylic acid groups (broad SMARTS) is 1. The van der Waals surface area contributed by atoms with Crippen LogP contribution >= 0.6 is 0 Å². The Kier molecular flexibility index (Phi) is 3.88. The standard InChI is InChI=1S/C10H15N5O3/c16-9(17)2-1-3-12-10(18)8-6-15(14-13-8)7-4-11-5-7/h6-7,11H,1-5H2,(H,12,18)(H,16,17). The second kappa shape index (κ2) is 5.58. The summed E-state index contributed by atoms with van der Waals surface area (Å²) >= 11 is 0. The summed E-state index contributed by atoms with van der Waals surface area (Å²) < 4.78 is 1.67. The van der Waals surface area contributed by atoms with E-state index < -0.39 is 5.97 Å². The van der Waals surface area contributed by atoms with Crippen molar-refractivity contribution in [2.24, 2.45) is 0 Å². The average molecular weight is 253 g/mol. The molecule has 0 unspecified atom stereocenters. The molecule has 8 heteroatoms. The molecule has 3 N–H and O–H groups in total. The third-order valence-corrected chi connectivity index (χ3v) is 2.73. The highest BCUT2D eigenvalue weighted by molar-refractivity contribution is 5.91. The van der Waals surface area contributed by atoms with E-state index in [4.69, 9.17) is 5.11 Å². The highest BCUT2D eigenvalue weighted by atomic mass is 16.4. The lowest BCUT2D eigenvalue weighted by atomic mass is 10.2. The van der Waals surface area contributed by atoms with Gasteiger partial charge in [0.15, 0.2) is 5.69 Å². The number of hydrogen-bond donors (Lipinski definition) is 3. The van der Waals surface area contributed by atoms with Gasteiger partial charge in [0.25, 0.3) is 5.91 Å². The van der Waals surface area contributed by atoms with Crippen molar-refractivity contribution in [1.29, 1.82) is 0 Å². The number of nitrogens with zero attached hydrogens (tertiary/aromatic N) is 3. The summed E-state index contributed by atoms with van der Waals surface area (Å²) in [5, 5.41) is 21.8. The number of hydrogen-bond acceptors (Lipinski definition) is 5. The molecule has 0 bridgehead atoms. The summed E-state index contributed by atoms with van der Waals surface area (Å²) in [7, 11) is 0. The lowest BCUT2D eigenvalue weighted by molar-refractivity contribution is -0.137. The Morgan fingerprint density at radius 3 is 2.94 bits per heavy atom. The summed E-state index contributed by atoms with van der Waals surface area (Å²) in [6.07, 6.45) is 2.06. The zero-order valence-electron chi connectivity index (χ0n) is 9.80. The van der Waals surface area contributed by atoms with E-state index in [0.29, 0.717) is 13.0 Å². The number of aliphatic carboxylic acids is 1. The monoisotopic (exact) mass is 253 g/mol. The minimum atomic E-state index is -0.868. The predicted octanol–water partition coefficient (Wildman–Crippen LogP) is -0.983. The van der Waals surface area contributed by atoms with Crippen LogP contribution in [0.15, 0.2) is 6.20 Å². The molecule has 2 rings (SSSR count). The van der Waals surface area contributed by atoms with Crippen LogP contribution in [0.1, 0.15) is 29.4 Å². The smallest absolute Gasteiger partial charge is 0.303 e. The average Bonchev–Trinajstić information content (AvgIpc) is 2.70. The highest BCUT2D eigenvalue weighted by Gasteiger charge is 2.21. The van der Waals surface area contributed by atoms with Crippen molar-refractivity contribution in [3.63, 3.8) is 0 Å². The molecule has 0 atom stereocenters. The fourth-order valence-electron chi connectivity index (χ4n) is 1.55. The largest absolute Gasteiger partial charge is 0.481 e. The van der Waals surface area contributed by atoms with E-state index in [1.165, 1.54) is 0 Å². The van der Waals surface area contributed by atoms with Crippen LogP contribution in [0.25, 0.3) is 0 Å². The Morgan fingerprint density at radius 2 is 2.33 bits per heavy atom. The summed E-state index contributed by atoms with van der Waals surface area (Å²) in [6.45, 7) is 2.00. The molecule has 1 aromatic rings. The normalized spacial score (nSPS) is 15.1. The van der Waals surface area contributed by atoms with Crippen molar-refractivity contribution >= 4 is 11.9 Å². The number of carboxylic acids is 1. The van der Waals surface area contributed by atoms with Gasteiger partial charge in [-0.15, -0.1) is 5.10 Å². The molecule has 0 radical (unpaired) electrons. The molecule has 0 spiro atoms. The lowest BCUT2D eigenvalue weighted by Crippen LogP contribution is -2.43. The number of rotatable bonds is 6. The molecule has 0 saturated carbocycles. The van der Waals surface area contributed by atoms with Crippen molar-refractivity contribution in [2.75, 3.05) is 19.6 Å². The first-order valence-corrected chi connectivity index (χ1v) is 5.79. The van der Waals surface area contributed by atoms with Crippen LogP contribution in [-0.2, 0) is 4.79 Å². The number of amides is 1. The topological polar surface area (TPSA) is 109 Å². The SMILES string of the molecule is O=C(O)CCCNC(=O)c1cn(C2CNC2)nn1. The van der Waals surface area contributed by atoms with Gasteiger partial charge >= 0.3 is 5.97 Å². The second-order valence-corrected chi connectivity index (χ2v) is 4.15. The van der Waals surface area contributed by atoms with E-state index in [1.807, 2.05) is 0 Å². The van der Waals surface area contributed by atoms with Gasteiger partial charge in [0.1, 0.15) is 0 Å². The van der Waals surface area contributed by atoms with Crippen LogP contribution in [-0.4, -0.2) is 51.6 Å². The van der Waals surface area contributed by atoms with Crippen molar-refractivity contribution in [1.82, 2.24) is 25.6 Å². The quantitative estimate of drug-likeness (QED) is 0.562. The van der Waals surface area contributed by atoms with Gasteiger partial charge in [-0.05, 0) is 6.42 Å². The van der Waals surface area contributed by atoms with Crippen LogP contribution in [0.5, 0.6) is 0 Å². The fourth-order valence-corrected chi connectivity index (χ4v) is 1.55. The Morgan fingerprint density at radius 1 is 1.56 bits per heavy atom. The molecule has 0 aliphatic carbocycles. The molecule has 1 aliphatic rings. The Labute approximate surface area is 103 Å². The van der Waals surface area contributed by atoms with E-state index in [1.54, 1.807) is 10.9 Å². The van der Waals surface area contributed by atoms with Crippen molar-refractivity contribution in [2.45, 2.75) is 18.9 Å². The molecule has 1 saturated heterocycles. The number of carbonyl (C=O) groups excluding carboxylic acids is 1. The van der Waals surface area contributed by atoms with Gasteiger partial charge in [-0.3, -0.25) is 9.59 Å². The summed E-state index contributed by atoms with van der Waals surface area (Å²) in [5.74, 6) is -1.19. The highest BCUT2D eigenvalue weighted by Crippen LogP contribution is 2.09. The summed E-state index contributed by atoms with van der Waals surface area (Å²) in [5.41, 5.74) is 0.261. The maximum Gasteiger partial charge on any atom is 0.303 e. The maximum absolute atomic E-state index is 11.6. The molecular weight excluding hydrogens is 238 g/mol. The maximum atomic E-state index is 11.6. The molecule has 8 nitrogen and oxygen atoms in total. The van der Waals surface area contributed by atoms with Gasteiger partial charge in [0, 0.05) is 26.1 Å². The molecule has 1 fully saturated rings. The number of aromatic nitrogens is 3. The number of nitrogens with one attached hydrogen (secondary N) is 2. The van der Waals surface area contributed by atoms with Crippen LogP contribution in [0, 0.1) is 0 Å². The molecule has 1 amide bonds. The van der Waals surface area contributed by atoms with Gasteiger partial charge in [-0.1, -0.05) is 5.21 Å². The van der Waals surface area contributed by atoms with Crippen molar-refractivity contribution in [3.8, 4) is 0 Å². The third kappa shape index (κ3) is 3.04. The van der Waals surface area contributed by atoms with Crippen molar-refractivity contribution in [3.05, 3.63) is 11.9 Å². The zero-order valence-corrected chi connectivity index (χ0v) is 9.80. The van der Waals surface area contributed by atoms with Gasteiger partial charge in [0.05, 0.1) is 12.2 Å². The predicted molar refractivity (Wildman–Crippen MR) is 61.1 cm³/mol. The van der Waals surface area contributed by atoms with E-state index in [0.717, 1.165) is 13.1 Å². The minimum absolute atomic E-state index is 0.0424. The molecule has 0 aromatic carbocycles. The van der Waals surface area contributed by atoms with Crippen molar-refractivity contribution < 1.29 is 14.7 Å².